The molecule has 0 aliphatic carbocycles. The molecule has 1 aromatic carbocycles. The summed E-state index contributed by atoms with van der Waals surface area (Å²) in [5, 5.41) is 2.84. The second-order valence-electron chi connectivity index (χ2n) is 4.05. The van der Waals surface area contributed by atoms with Gasteiger partial charge in [-0.25, -0.2) is 4.79 Å². The van der Waals surface area contributed by atoms with Gasteiger partial charge in [0.15, 0.2) is 0 Å². The van der Waals surface area contributed by atoms with Crippen molar-refractivity contribution in [3.63, 3.8) is 0 Å². The molecule has 1 unspecified atom stereocenters. The van der Waals surface area contributed by atoms with Crippen LogP contribution in [-0.2, 0) is 0 Å². The van der Waals surface area contributed by atoms with Crippen LogP contribution in [0.5, 0.6) is 0 Å². The number of carbonyl (C=O) groups excluding carboxylic acids is 1. The van der Waals surface area contributed by atoms with E-state index in [2.05, 4.69) is 5.32 Å². The van der Waals surface area contributed by atoms with Crippen molar-refractivity contribution in [1.29, 1.82) is 0 Å². The first-order chi connectivity index (χ1) is 8.15. The Balaban J connectivity index is 2.30. The fourth-order valence-corrected chi connectivity index (χ4v) is 1.48. The first-order valence-electron chi connectivity index (χ1n) is 5.94. The molecule has 0 heterocycles. The van der Waals surface area contributed by atoms with E-state index in [1.165, 1.54) is 0 Å². The van der Waals surface area contributed by atoms with Crippen LogP contribution in [0.3, 0.4) is 0 Å². The summed E-state index contributed by atoms with van der Waals surface area (Å²) in [6.45, 7) is 3.24. The maximum absolute atomic E-state index is 11.5. The van der Waals surface area contributed by atoms with Crippen LogP contribution in [-0.4, -0.2) is 31.1 Å². The molecule has 0 fully saturated rings. The Kier molecular flexibility index (Phi) is 5.49. The van der Waals surface area contributed by atoms with Crippen molar-refractivity contribution in [2.24, 2.45) is 5.73 Å². The van der Waals surface area contributed by atoms with Gasteiger partial charge in [-0.1, -0.05) is 30.3 Å². The highest BCUT2D eigenvalue weighted by Gasteiger charge is 2.08. The Labute approximate surface area is 103 Å². The second-order valence-corrected chi connectivity index (χ2v) is 4.05. The lowest BCUT2D eigenvalue weighted by Crippen LogP contribution is -2.38. The van der Waals surface area contributed by atoms with Crippen LogP contribution in [0, 0.1) is 0 Å². The molecular formula is C13H21N3O. The van der Waals surface area contributed by atoms with E-state index in [9.17, 15) is 4.79 Å². The highest BCUT2D eigenvalue weighted by atomic mass is 16.2. The number of benzene rings is 1. The highest BCUT2D eigenvalue weighted by Crippen LogP contribution is 2.12. The zero-order valence-corrected chi connectivity index (χ0v) is 10.5. The van der Waals surface area contributed by atoms with Gasteiger partial charge < -0.3 is 16.0 Å². The van der Waals surface area contributed by atoms with E-state index in [0.717, 1.165) is 12.0 Å². The van der Waals surface area contributed by atoms with Gasteiger partial charge >= 0.3 is 6.03 Å². The third-order valence-electron chi connectivity index (χ3n) is 2.78. The van der Waals surface area contributed by atoms with Crippen LogP contribution in [0.15, 0.2) is 30.3 Å². The first-order valence-corrected chi connectivity index (χ1v) is 5.94. The molecule has 4 heteroatoms. The standard InChI is InChI=1S/C13H21N3O/c1-3-16(2)13(17)15-10-9-12(14)11-7-5-4-6-8-11/h4-8,12H,3,9-10,14H2,1-2H3,(H,15,17). The maximum Gasteiger partial charge on any atom is 0.317 e. The Morgan fingerprint density at radius 3 is 2.65 bits per heavy atom. The Bertz CT molecular complexity index is 340. The Morgan fingerprint density at radius 2 is 2.06 bits per heavy atom. The molecule has 1 atom stereocenters. The minimum absolute atomic E-state index is 0.0246. The Morgan fingerprint density at radius 1 is 1.41 bits per heavy atom. The summed E-state index contributed by atoms with van der Waals surface area (Å²) < 4.78 is 0. The summed E-state index contributed by atoms with van der Waals surface area (Å²) in [6, 6.07) is 9.84. The van der Waals surface area contributed by atoms with Crippen molar-refractivity contribution >= 4 is 6.03 Å². The van der Waals surface area contributed by atoms with Crippen molar-refractivity contribution < 1.29 is 4.79 Å². The number of nitrogens with one attached hydrogen (secondary N) is 1. The zero-order valence-electron chi connectivity index (χ0n) is 10.5. The number of amides is 2. The molecule has 0 saturated carbocycles. The lowest BCUT2D eigenvalue weighted by Gasteiger charge is -2.17. The predicted octanol–water partition coefficient (Wildman–Crippen LogP) is 1.74. The summed E-state index contributed by atoms with van der Waals surface area (Å²) in [4.78, 5) is 13.1. The van der Waals surface area contributed by atoms with E-state index >= 15 is 0 Å². The fraction of sp³-hybridized carbons (Fsp3) is 0.462. The fourth-order valence-electron chi connectivity index (χ4n) is 1.48. The molecule has 0 aliphatic rings. The van der Waals surface area contributed by atoms with Crippen LogP contribution in [0.25, 0.3) is 0 Å². The first kappa shape index (κ1) is 13.5. The van der Waals surface area contributed by atoms with Crippen LogP contribution in [0.1, 0.15) is 24.9 Å². The van der Waals surface area contributed by atoms with Gasteiger partial charge in [-0.05, 0) is 18.9 Å². The summed E-state index contributed by atoms with van der Waals surface area (Å²) in [5.74, 6) is 0. The van der Waals surface area contributed by atoms with E-state index in [0.29, 0.717) is 13.1 Å². The predicted molar refractivity (Wildman–Crippen MR) is 69.7 cm³/mol. The smallest absolute Gasteiger partial charge is 0.317 e. The number of nitrogens with two attached hydrogens (primary N) is 1. The molecular weight excluding hydrogens is 214 g/mol. The molecule has 0 aliphatic heterocycles. The molecule has 2 amide bonds. The molecule has 17 heavy (non-hydrogen) atoms. The third-order valence-corrected chi connectivity index (χ3v) is 2.78. The molecule has 3 N–H and O–H groups in total. The lowest BCUT2D eigenvalue weighted by atomic mass is 10.1. The van der Waals surface area contributed by atoms with Crippen molar-refractivity contribution in [1.82, 2.24) is 10.2 Å². The van der Waals surface area contributed by atoms with Crippen molar-refractivity contribution in [3.05, 3.63) is 35.9 Å². The van der Waals surface area contributed by atoms with Crippen molar-refractivity contribution in [3.8, 4) is 0 Å². The molecule has 0 spiro atoms. The van der Waals surface area contributed by atoms with E-state index < -0.39 is 0 Å². The minimum atomic E-state index is -0.0484. The molecule has 4 nitrogen and oxygen atoms in total. The average molecular weight is 235 g/mol. The molecule has 0 aromatic heterocycles. The van der Waals surface area contributed by atoms with E-state index in [4.69, 9.17) is 5.73 Å². The monoisotopic (exact) mass is 235 g/mol. The number of urea groups is 1. The topological polar surface area (TPSA) is 58.4 Å². The van der Waals surface area contributed by atoms with Gasteiger partial charge in [-0.2, -0.15) is 0 Å². The molecule has 0 bridgehead atoms. The summed E-state index contributed by atoms with van der Waals surface area (Å²) in [6.07, 6.45) is 0.743. The molecule has 1 rings (SSSR count). The number of hydrogen-bond donors (Lipinski definition) is 2. The lowest BCUT2D eigenvalue weighted by molar-refractivity contribution is 0.210. The van der Waals surface area contributed by atoms with Gasteiger partial charge in [0.2, 0.25) is 0 Å². The molecule has 0 saturated heterocycles. The van der Waals surface area contributed by atoms with Crippen LogP contribution in [0.2, 0.25) is 0 Å². The normalized spacial score (nSPS) is 11.9. The van der Waals surface area contributed by atoms with Crippen LogP contribution < -0.4 is 11.1 Å². The largest absolute Gasteiger partial charge is 0.338 e. The SMILES string of the molecule is CCN(C)C(=O)NCCC(N)c1ccccc1. The van der Waals surface area contributed by atoms with Gasteiger partial charge in [0.1, 0.15) is 0 Å². The van der Waals surface area contributed by atoms with Crippen molar-refractivity contribution in [2.45, 2.75) is 19.4 Å². The van der Waals surface area contributed by atoms with Gasteiger partial charge in [0.05, 0.1) is 0 Å². The van der Waals surface area contributed by atoms with Crippen molar-refractivity contribution in [2.75, 3.05) is 20.1 Å². The van der Waals surface area contributed by atoms with E-state index in [1.54, 1.807) is 11.9 Å². The second kappa shape index (κ2) is 6.91. The van der Waals surface area contributed by atoms with E-state index in [1.807, 2.05) is 37.3 Å². The highest BCUT2D eigenvalue weighted by molar-refractivity contribution is 5.73. The summed E-state index contributed by atoms with van der Waals surface area (Å²) >= 11 is 0. The minimum Gasteiger partial charge on any atom is -0.338 e. The summed E-state index contributed by atoms with van der Waals surface area (Å²) in [7, 11) is 1.77. The van der Waals surface area contributed by atoms with Gasteiger partial charge in [0, 0.05) is 26.2 Å². The number of rotatable bonds is 5. The molecule has 1 aromatic rings. The number of hydrogen-bond acceptors (Lipinski definition) is 2. The van der Waals surface area contributed by atoms with Gasteiger partial charge in [-0.3, -0.25) is 0 Å². The third kappa shape index (κ3) is 4.44. The average Bonchev–Trinajstić information content (AvgIpc) is 2.38. The number of carbonyl (C=O) groups is 1. The number of nitrogens with zero attached hydrogens (tertiary/aromatic N) is 1. The van der Waals surface area contributed by atoms with Gasteiger partial charge in [-0.15, -0.1) is 0 Å². The zero-order chi connectivity index (χ0) is 12.7. The summed E-state index contributed by atoms with van der Waals surface area (Å²) in [5.41, 5.74) is 7.13. The van der Waals surface area contributed by atoms with Gasteiger partial charge in [0.25, 0.3) is 0 Å². The molecule has 0 radical (unpaired) electrons. The van der Waals surface area contributed by atoms with Crippen LogP contribution >= 0.6 is 0 Å². The maximum atomic E-state index is 11.5. The quantitative estimate of drug-likeness (QED) is 0.816. The molecule has 94 valence electrons. The van der Waals surface area contributed by atoms with E-state index in [-0.39, 0.29) is 12.1 Å². The van der Waals surface area contributed by atoms with Crippen LogP contribution in [0.4, 0.5) is 4.79 Å². The Hall–Kier alpha value is -1.55.